The Morgan fingerprint density at radius 2 is 2.06 bits per heavy atom. The topological polar surface area (TPSA) is 21.8 Å². The zero-order valence-corrected chi connectivity index (χ0v) is 11.4. The molecule has 0 aliphatic carbocycles. The van der Waals surface area contributed by atoms with Crippen molar-refractivity contribution in [3.05, 3.63) is 29.8 Å². The highest BCUT2D eigenvalue weighted by molar-refractivity contribution is 5.28. The molecule has 2 heteroatoms. The summed E-state index contributed by atoms with van der Waals surface area (Å²) in [4.78, 5) is 0. The molecular formula is C16H24O2. The van der Waals surface area contributed by atoms with Gasteiger partial charge in [-0.15, -0.1) is 0 Å². The molecule has 0 spiro atoms. The zero-order valence-electron chi connectivity index (χ0n) is 11.4. The van der Waals surface area contributed by atoms with Gasteiger partial charge in [0.15, 0.2) is 0 Å². The second-order valence-electron chi connectivity index (χ2n) is 5.08. The standard InChI is InChI=1S/C16H24O2/c1-2-3-4-5-6-8-14-9-7-10-15(11-14)17-12-16-13-18-16/h7,9-11,16H,2-6,8,12-13H2,1H3. The molecule has 18 heavy (non-hydrogen) atoms. The Balaban J connectivity index is 1.68. The van der Waals surface area contributed by atoms with Gasteiger partial charge in [-0.1, -0.05) is 44.7 Å². The van der Waals surface area contributed by atoms with Crippen LogP contribution in [0.25, 0.3) is 0 Å². The lowest BCUT2D eigenvalue weighted by molar-refractivity contribution is 0.263. The summed E-state index contributed by atoms with van der Waals surface area (Å²) in [5.41, 5.74) is 1.39. The van der Waals surface area contributed by atoms with Gasteiger partial charge in [-0.2, -0.15) is 0 Å². The number of rotatable bonds is 9. The van der Waals surface area contributed by atoms with Gasteiger partial charge < -0.3 is 9.47 Å². The average molecular weight is 248 g/mol. The number of epoxide rings is 1. The summed E-state index contributed by atoms with van der Waals surface area (Å²) in [6, 6.07) is 8.48. The molecule has 0 saturated carbocycles. The van der Waals surface area contributed by atoms with Gasteiger partial charge in [0, 0.05) is 0 Å². The average Bonchev–Trinajstić information content (AvgIpc) is 3.21. The van der Waals surface area contributed by atoms with Crippen LogP contribution in [0.4, 0.5) is 0 Å². The highest BCUT2D eigenvalue weighted by Crippen LogP contribution is 2.18. The van der Waals surface area contributed by atoms with Crippen LogP contribution in [0.3, 0.4) is 0 Å². The third-order valence-corrected chi connectivity index (χ3v) is 3.31. The van der Waals surface area contributed by atoms with Gasteiger partial charge in [-0.3, -0.25) is 0 Å². The number of hydrogen-bond donors (Lipinski definition) is 0. The first-order chi connectivity index (χ1) is 8.88. The molecule has 0 radical (unpaired) electrons. The fourth-order valence-corrected chi connectivity index (χ4v) is 2.08. The molecule has 2 rings (SSSR count). The van der Waals surface area contributed by atoms with E-state index >= 15 is 0 Å². The van der Waals surface area contributed by atoms with Gasteiger partial charge in [0.25, 0.3) is 0 Å². The molecule has 1 unspecified atom stereocenters. The van der Waals surface area contributed by atoms with Crippen LogP contribution >= 0.6 is 0 Å². The van der Waals surface area contributed by atoms with E-state index in [0.717, 1.165) is 12.4 Å². The SMILES string of the molecule is CCCCCCCc1cccc(OCC2CO2)c1. The minimum Gasteiger partial charge on any atom is -0.491 e. The van der Waals surface area contributed by atoms with Crippen molar-refractivity contribution < 1.29 is 9.47 Å². The molecule has 1 heterocycles. The lowest BCUT2D eigenvalue weighted by atomic mass is 10.1. The Labute approximate surface area is 110 Å². The number of unbranched alkanes of at least 4 members (excludes halogenated alkanes) is 4. The summed E-state index contributed by atoms with van der Waals surface area (Å²) < 4.78 is 10.8. The Hall–Kier alpha value is -1.02. The van der Waals surface area contributed by atoms with Crippen LogP contribution < -0.4 is 4.74 Å². The van der Waals surface area contributed by atoms with Crippen molar-refractivity contribution in [3.63, 3.8) is 0 Å². The van der Waals surface area contributed by atoms with Crippen molar-refractivity contribution in [2.45, 2.75) is 51.6 Å². The van der Waals surface area contributed by atoms with Crippen molar-refractivity contribution in [1.29, 1.82) is 0 Å². The van der Waals surface area contributed by atoms with Gasteiger partial charge in [0.05, 0.1) is 6.61 Å². The van der Waals surface area contributed by atoms with Gasteiger partial charge in [-0.05, 0) is 30.5 Å². The quantitative estimate of drug-likeness (QED) is 0.487. The molecular weight excluding hydrogens is 224 g/mol. The normalized spacial score (nSPS) is 17.7. The molecule has 0 N–H and O–H groups in total. The van der Waals surface area contributed by atoms with E-state index in [1.54, 1.807) is 0 Å². The van der Waals surface area contributed by atoms with Crippen molar-refractivity contribution in [2.75, 3.05) is 13.2 Å². The zero-order chi connectivity index (χ0) is 12.6. The van der Waals surface area contributed by atoms with Crippen LogP contribution in [0.5, 0.6) is 5.75 Å². The maximum atomic E-state index is 5.69. The minimum atomic E-state index is 0.336. The highest BCUT2D eigenvalue weighted by Gasteiger charge is 2.22. The number of ether oxygens (including phenoxy) is 2. The summed E-state index contributed by atoms with van der Waals surface area (Å²) in [5.74, 6) is 0.983. The molecule has 0 bridgehead atoms. The Bertz CT molecular complexity index is 345. The molecule has 1 aromatic rings. The maximum Gasteiger partial charge on any atom is 0.119 e. The fraction of sp³-hybridized carbons (Fsp3) is 0.625. The number of hydrogen-bond acceptors (Lipinski definition) is 2. The molecule has 1 aliphatic rings. The van der Waals surface area contributed by atoms with E-state index < -0.39 is 0 Å². The van der Waals surface area contributed by atoms with E-state index in [1.165, 1.54) is 44.1 Å². The first kappa shape index (κ1) is 13.4. The van der Waals surface area contributed by atoms with Crippen molar-refractivity contribution in [2.24, 2.45) is 0 Å². The van der Waals surface area contributed by atoms with E-state index in [9.17, 15) is 0 Å². The first-order valence-electron chi connectivity index (χ1n) is 7.22. The molecule has 1 aliphatic heterocycles. The molecule has 1 atom stereocenters. The maximum absolute atomic E-state index is 5.69. The van der Waals surface area contributed by atoms with Crippen LogP contribution in [-0.2, 0) is 11.2 Å². The Morgan fingerprint density at radius 1 is 1.22 bits per heavy atom. The molecule has 1 aromatic carbocycles. The van der Waals surface area contributed by atoms with E-state index in [1.807, 2.05) is 6.07 Å². The van der Waals surface area contributed by atoms with Crippen molar-refractivity contribution in [3.8, 4) is 5.75 Å². The van der Waals surface area contributed by atoms with Crippen LogP contribution in [0.1, 0.15) is 44.6 Å². The van der Waals surface area contributed by atoms with Crippen LogP contribution in [0.15, 0.2) is 24.3 Å². The predicted molar refractivity (Wildman–Crippen MR) is 74.1 cm³/mol. The monoisotopic (exact) mass is 248 g/mol. The van der Waals surface area contributed by atoms with Crippen LogP contribution in [0, 0.1) is 0 Å². The molecule has 0 amide bonds. The van der Waals surface area contributed by atoms with E-state index in [2.05, 4.69) is 25.1 Å². The Kier molecular flexibility index (Phi) is 5.53. The minimum absolute atomic E-state index is 0.336. The largest absolute Gasteiger partial charge is 0.491 e. The number of aryl methyl sites for hydroxylation is 1. The van der Waals surface area contributed by atoms with Gasteiger partial charge in [0.1, 0.15) is 18.5 Å². The van der Waals surface area contributed by atoms with Crippen LogP contribution in [-0.4, -0.2) is 19.3 Å². The number of benzene rings is 1. The molecule has 1 fully saturated rings. The summed E-state index contributed by atoms with van der Waals surface area (Å²) in [6.45, 7) is 3.81. The van der Waals surface area contributed by atoms with Crippen molar-refractivity contribution in [1.82, 2.24) is 0 Å². The van der Waals surface area contributed by atoms with Crippen LogP contribution in [0.2, 0.25) is 0 Å². The highest BCUT2D eigenvalue weighted by atomic mass is 16.6. The van der Waals surface area contributed by atoms with Crippen molar-refractivity contribution >= 4 is 0 Å². The molecule has 100 valence electrons. The smallest absolute Gasteiger partial charge is 0.119 e. The first-order valence-corrected chi connectivity index (χ1v) is 7.22. The van der Waals surface area contributed by atoms with E-state index in [4.69, 9.17) is 9.47 Å². The third kappa shape index (κ3) is 5.09. The summed E-state index contributed by atoms with van der Waals surface area (Å²) in [6.07, 6.45) is 8.18. The van der Waals surface area contributed by atoms with Gasteiger partial charge >= 0.3 is 0 Å². The molecule has 0 aromatic heterocycles. The van der Waals surface area contributed by atoms with Gasteiger partial charge in [-0.25, -0.2) is 0 Å². The predicted octanol–water partition coefficient (Wildman–Crippen LogP) is 3.98. The lowest BCUT2D eigenvalue weighted by Gasteiger charge is -2.07. The third-order valence-electron chi connectivity index (χ3n) is 3.31. The van der Waals surface area contributed by atoms with E-state index in [0.29, 0.717) is 12.7 Å². The summed E-state index contributed by atoms with van der Waals surface area (Å²) in [5, 5.41) is 0. The second-order valence-corrected chi connectivity index (χ2v) is 5.08. The summed E-state index contributed by atoms with van der Waals surface area (Å²) in [7, 11) is 0. The Morgan fingerprint density at radius 3 is 2.83 bits per heavy atom. The fourth-order valence-electron chi connectivity index (χ4n) is 2.08. The molecule has 1 saturated heterocycles. The summed E-state index contributed by atoms with van der Waals surface area (Å²) >= 11 is 0. The van der Waals surface area contributed by atoms with Gasteiger partial charge in [0.2, 0.25) is 0 Å². The lowest BCUT2D eigenvalue weighted by Crippen LogP contribution is -2.04. The van der Waals surface area contributed by atoms with E-state index in [-0.39, 0.29) is 0 Å². The second kappa shape index (κ2) is 7.42. The molecule has 2 nitrogen and oxygen atoms in total.